The third-order valence-electron chi connectivity index (χ3n) is 1.60. The number of aromatic nitrogens is 1. The van der Waals surface area contributed by atoms with Crippen LogP contribution in [0.1, 0.15) is 0 Å². The number of hydrogen-bond donors (Lipinski definition) is 1. The van der Waals surface area contributed by atoms with E-state index in [2.05, 4.69) is 26.2 Å². The molecule has 0 spiro atoms. The van der Waals surface area contributed by atoms with Crippen LogP contribution in [0.4, 0.5) is 5.82 Å². The molecule has 1 rings (SSSR count). The summed E-state index contributed by atoms with van der Waals surface area (Å²) in [5, 5.41) is 3.08. The molecule has 0 aliphatic heterocycles. The number of nitrogens with zero attached hydrogens (tertiary/aromatic N) is 1. The zero-order valence-corrected chi connectivity index (χ0v) is 10.2. The van der Waals surface area contributed by atoms with Crippen LogP contribution in [0.5, 0.6) is 0 Å². The van der Waals surface area contributed by atoms with Crippen molar-refractivity contribution in [3.63, 3.8) is 0 Å². The molecule has 0 saturated carbocycles. The summed E-state index contributed by atoms with van der Waals surface area (Å²) in [5.41, 5.74) is 0. The Morgan fingerprint density at radius 2 is 2.50 bits per heavy atom. The summed E-state index contributed by atoms with van der Waals surface area (Å²) < 4.78 is 5.85. The van der Waals surface area contributed by atoms with Gasteiger partial charge in [0.15, 0.2) is 0 Å². The molecule has 0 aliphatic carbocycles. The Balaban J connectivity index is 2.41. The highest BCUT2D eigenvalue weighted by Gasteiger charge is 2.05. The van der Waals surface area contributed by atoms with E-state index < -0.39 is 0 Å². The van der Waals surface area contributed by atoms with Gasteiger partial charge in [0.25, 0.3) is 0 Å². The van der Waals surface area contributed by atoms with Gasteiger partial charge in [0, 0.05) is 19.9 Å². The fourth-order valence-electron chi connectivity index (χ4n) is 0.963. The summed E-state index contributed by atoms with van der Waals surface area (Å²) in [4.78, 5) is 4.15. The maximum absolute atomic E-state index is 5.95. The fraction of sp³-hybridized carbons (Fsp3) is 0.444. The standard InChI is InChI=1S/C9H12BrClN2O/c1-14-6-7(11)5-13-9-8(10)3-2-4-12-9/h2-4,7H,5-6H2,1H3,(H,12,13). The summed E-state index contributed by atoms with van der Waals surface area (Å²) in [6.45, 7) is 1.16. The van der Waals surface area contributed by atoms with Crippen molar-refractivity contribution >= 4 is 33.3 Å². The van der Waals surface area contributed by atoms with Gasteiger partial charge in [-0.25, -0.2) is 4.98 Å². The Bertz CT molecular complexity index is 285. The lowest BCUT2D eigenvalue weighted by atomic mass is 10.4. The predicted octanol–water partition coefficient (Wildman–Crippen LogP) is 2.51. The van der Waals surface area contributed by atoms with E-state index in [0.717, 1.165) is 10.3 Å². The van der Waals surface area contributed by atoms with E-state index in [1.54, 1.807) is 13.3 Å². The lowest BCUT2D eigenvalue weighted by molar-refractivity contribution is 0.200. The molecular formula is C9H12BrClN2O. The molecule has 0 radical (unpaired) electrons. The molecule has 1 unspecified atom stereocenters. The quantitative estimate of drug-likeness (QED) is 0.841. The third-order valence-corrected chi connectivity index (χ3v) is 2.52. The molecule has 5 heteroatoms. The van der Waals surface area contributed by atoms with Crippen molar-refractivity contribution in [1.29, 1.82) is 0 Å². The Hall–Kier alpha value is -0.320. The Morgan fingerprint density at radius 1 is 1.71 bits per heavy atom. The number of pyridine rings is 1. The minimum Gasteiger partial charge on any atom is -0.383 e. The summed E-state index contributed by atoms with van der Waals surface area (Å²) in [5.74, 6) is 0.800. The maximum Gasteiger partial charge on any atom is 0.140 e. The first-order valence-electron chi connectivity index (χ1n) is 4.21. The van der Waals surface area contributed by atoms with Crippen molar-refractivity contribution in [3.8, 4) is 0 Å². The van der Waals surface area contributed by atoms with Crippen molar-refractivity contribution in [2.45, 2.75) is 5.38 Å². The minimum atomic E-state index is -0.0473. The zero-order chi connectivity index (χ0) is 10.4. The molecule has 14 heavy (non-hydrogen) atoms. The van der Waals surface area contributed by atoms with Crippen LogP contribution in [-0.2, 0) is 4.74 Å². The van der Waals surface area contributed by atoms with E-state index in [9.17, 15) is 0 Å². The van der Waals surface area contributed by atoms with Crippen molar-refractivity contribution in [3.05, 3.63) is 22.8 Å². The molecule has 1 heterocycles. The normalized spacial score (nSPS) is 12.5. The molecule has 78 valence electrons. The Labute approximate surface area is 96.9 Å². The van der Waals surface area contributed by atoms with Crippen LogP contribution in [0.3, 0.4) is 0 Å². The molecule has 0 amide bonds. The molecule has 1 N–H and O–H groups in total. The minimum absolute atomic E-state index is 0.0473. The molecule has 1 aromatic heterocycles. The lowest BCUT2D eigenvalue weighted by Crippen LogP contribution is -2.19. The molecule has 0 bridgehead atoms. The summed E-state index contributed by atoms with van der Waals surface area (Å²) in [6, 6.07) is 3.79. The monoisotopic (exact) mass is 278 g/mol. The van der Waals surface area contributed by atoms with Gasteiger partial charge in [-0.1, -0.05) is 0 Å². The highest BCUT2D eigenvalue weighted by molar-refractivity contribution is 9.10. The maximum atomic E-state index is 5.95. The van der Waals surface area contributed by atoms with E-state index in [4.69, 9.17) is 16.3 Å². The van der Waals surface area contributed by atoms with Gasteiger partial charge in [-0.15, -0.1) is 11.6 Å². The number of methoxy groups -OCH3 is 1. The molecular weight excluding hydrogens is 267 g/mol. The molecule has 0 fully saturated rings. The smallest absolute Gasteiger partial charge is 0.140 e. The second-order valence-corrected chi connectivity index (χ2v) is 4.24. The van der Waals surface area contributed by atoms with Crippen molar-refractivity contribution in [2.75, 3.05) is 25.6 Å². The second kappa shape index (κ2) is 6.22. The number of ether oxygens (including phenoxy) is 1. The second-order valence-electron chi connectivity index (χ2n) is 2.77. The van der Waals surface area contributed by atoms with Crippen LogP contribution in [0.2, 0.25) is 0 Å². The number of alkyl halides is 1. The third kappa shape index (κ3) is 3.82. The average Bonchev–Trinajstić information content (AvgIpc) is 2.17. The van der Waals surface area contributed by atoms with Gasteiger partial charge >= 0.3 is 0 Å². The highest BCUT2D eigenvalue weighted by atomic mass is 79.9. The van der Waals surface area contributed by atoms with Crippen LogP contribution < -0.4 is 5.32 Å². The predicted molar refractivity (Wildman–Crippen MR) is 61.9 cm³/mol. The largest absolute Gasteiger partial charge is 0.383 e. The van der Waals surface area contributed by atoms with Crippen LogP contribution >= 0.6 is 27.5 Å². The van der Waals surface area contributed by atoms with E-state index >= 15 is 0 Å². The Kier molecular flexibility index (Phi) is 5.22. The summed E-state index contributed by atoms with van der Waals surface area (Å²) in [6.07, 6.45) is 1.73. The zero-order valence-electron chi connectivity index (χ0n) is 7.84. The van der Waals surface area contributed by atoms with Gasteiger partial charge in [-0.3, -0.25) is 0 Å². The molecule has 0 aliphatic rings. The van der Waals surface area contributed by atoms with Crippen LogP contribution in [0.15, 0.2) is 22.8 Å². The van der Waals surface area contributed by atoms with Gasteiger partial charge in [0.1, 0.15) is 5.82 Å². The van der Waals surface area contributed by atoms with Gasteiger partial charge < -0.3 is 10.1 Å². The first kappa shape index (κ1) is 11.8. The van der Waals surface area contributed by atoms with E-state index in [1.165, 1.54) is 0 Å². The van der Waals surface area contributed by atoms with Crippen LogP contribution in [-0.4, -0.2) is 30.6 Å². The molecule has 3 nitrogen and oxygen atoms in total. The van der Waals surface area contributed by atoms with Crippen molar-refractivity contribution in [2.24, 2.45) is 0 Å². The Morgan fingerprint density at radius 3 is 3.14 bits per heavy atom. The van der Waals surface area contributed by atoms with Gasteiger partial charge in [-0.2, -0.15) is 0 Å². The number of hydrogen-bond acceptors (Lipinski definition) is 3. The SMILES string of the molecule is COCC(Cl)CNc1ncccc1Br. The number of halogens is 2. The average molecular weight is 280 g/mol. The number of rotatable bonds is 5. The van der Waals surface area contributed by atoms with Crippen LogP contribution in [0.25, 0.3) is 0 Å². The van der Waals surface area contributed by atoms with E-state index in [0.29, 0.717) is 13.2 Å². The van der Waals surface area contributed by atoms with Crippen molar-refractivity contribution < 1.29 is 4.74 Å². The molecule has 0 aromatic carbocycles. The van der Waals surface area contributed by atoms with Crippen LogP contribution in [0, 0.1) is 0 Å². The van der Waals surface area contributed by atoms with Gasteiger partial charge in [0.05, 0.1) is 16.5 Å². The van der Waals surface area contributed by atoms with Gasteiger partial charge in [0.2, 0.25) is 0 Å². The van der Waals surface area contributed by atoms with Crippen molar-refractivity contribution in [1.82, 2.24) is 4.98 Å². The van der Waals surface area contributed by atoms with Gasteiger partial charge in [-0.05, 0) is 28.1 Å². The topological polar surface area (TPSA) is 34.1 Å². The molecule has 0 saturated heterocycles. The first-order chi connectivity index (χ1) is 6.74. The van der Waals surface area contributed by atoms with E-state index in [1.807, 2.05) is 12.1 Å². The fourth-order valence-corrected chi connectivity index (χ4v) is 1.56. The number of anilines is 1. The lowest BCUT2D eigenvalue weighted by Gasteiger charge is -2.10. The molecule has 1 aromatic rings. The summed E-state index contributed by atoms with van der Waals surface area (Å²) >= 11 is 9.34. The number of nitrogens with one attached hydrogen (secondary N) is 1. The molecule has 1 atom stereocenters. The van der Waals surface area contributed by atoms with E-state index in [-0.39, 0.29) is 5.38 Å². The summed E-state index contributed by atoms with van der Waals surface area (Å²) in [7, 11) is 1.63. The highest BCUT2D eigenvalue weighted by Crippen LogP contribution is 2.18. The first-order valence-corrected chi connectivity index (χ1v) is 5.44.